The van der Waals surface area contributed by atoms with Crippen LogP contribution in [0, 0.1) is 0 Å². The van der Waals surface area contributed by atoms with Crippen LogP contribution >= 0.6 is 0 Å². The Bertz CT molecular complexity index is 1060. The SMILES string of the molecule is CS(=O)(=O)N1N=C(c2ccccc2)C[C@H]1c1ccc2nccnc2c1. The fraction of sp³-hybridized carbons (Fsp3) is 0.167. The monoisotopic (exact) mass is 352 g/mol. The molecule has 2 heterocycles. The highest BCUT2D eigenvalue weighted by atomic mass is 32.2. The number of nitrogens with zero attached hydrogens (tertiary/aromatic N) is 4. The van der Waals surface area contributed by atoms with Crippen molar-refractivity contribution in [2.45, 2.75) is 12.5 Å². The zero-order valence-corrected chi connectivity index (χ0v) is 14.4. The van der Waals surface area contributed by atoms with Crippen LogP contribution in [-0.2, 0) is 10.0 Å². The second kappa shape index (κ2) is 5.93. The van der Waals surface area contributed by atoms with Gasteiger partial charge in [-0.2, -0.15) is 9.52 Å². The topological polar surface area (TPSA) is 75.5 Å². The highest BCUT2D eigenvalue weighted by Crippen LogP contribution is 2.35. The molecule has 7 heteroatoms. The second-order valence-corrected chi connectivity index (χ2v) is 7.81. The van der Waals surface area contributed by atoms with Gasteiger partial charge in [-0.05, 0) is 23.3 Å². The Morgan fingerprint density at radius 3 is 2.44 bits per heavy atom. The number of rotatable bonds is 3. The quantitative estimate of drug-likeness (QED) is 0.726. The summed E-state index contributed by atoms with van der Waals surface area (Å²) in [5.41, 5.74) is 4.06. The lowest BCUT2D eigenvalue weighted by molar-refractivity contribution is 0.375. The highest BCUT2D eigenvalue weighted by molar-refractivity contribution is 7.88. The van der Waals surface area contributed by atoms with Gasteiger partial charge in [0.25, 0.3) is 0 Å². The zero-order chi connectivity index (χ0) is 17.4. The molecule has 25 heavy (non-hydrogen) atoms. The summed E-state index contributed by atoms with van der Waals surface area (Å²) in [5.74, 6) is 0. The van der Waals surface area contributed by atoms with Crippen molar-refractivity contribution in [2.75, 3.05) is 6.26 Å². The van der Waals surface area contributed by atoms with Gasteiger partial charge in [-0.15, -0.1) is 0 Å². The fourth-order valence-electron chi connectivity index (χ4n) is 3.04. The van der Waals surface area contributed by atoms with Crippen molar-refractivity contribution in [1.29, 1.82) is 0 Å². The van der Waals surface area contributed by atoms with Crippen LogP contribution in [0.3, 0.4) is 0 Å². The molecule has 0 N–H and O–H groups in total. The summed E-state index contributed by atoms with van der Waals surface area (Å²) < 4.78 is 25.7. The van der Waals surface area contributed by atoms with Crippen LogP contribution in [0.5, 0.6) is 0 Å². The van der Waals surface area contributed by atoms with Crippen molar-refractivity contribution in [1.82, 2.24) is 14.4 Å². The van der Waals surface area contributed by atoms with Crippen molar-refractivity contribution >= 4 is 26.8 Å². The third kappa shape index (κ3) is 2.98. The van der Waals surface area contributed by atoms with E-state index in [1.165, 1.54) is 10.7 Å². The largest absolute Gasteiger partial charge is 0.253 e. The average Bonchev–Trinajstić information content (AvgIpc) is 3.08. The minimum Gasteiger partial charge on any atom is -0.253 e. The first-order valence-corrected chi connectivity index (χ1v) is 9.70. The van der Waals surface area contributed by atoms with Gasteiger partial charge < -0.3 is 0 Å². The lowest BCUT2D eigenvalue weighted by Gasteiger charge is -2.21. The Morgan fingerprint density at radius 1 is 1.00 bits per heavy atom. The van der Waals surface area contributed by atoms with E-state index in [2.05, 4.69) is 15.1 Å². The third-order valence-corrected chi connectivity index (χ3v) is 5.21. The van der Waals surface area contributed by atoms with Gasteiger partial charge in [0.15, 0.2) is 0 Å². The molecule has 0 spiro atoms. The van der Waals surface area contributed by atoms with E-state index in [0.29, 0.717) is 6.42 Å². The summed E-state index contributed by atoms with van der Waals surface area (Å²) in [7, 11) is -3.48. The number of hydrogen-bond donors (Lipinski definition) is 0. The lowest BCUT2D eigenvalue weighted by Crippen LogP contribution is -2.25. The van der Waals surface area contributed by atoms with Crippen molar-refractivity contribution < 1.29 is 8.42 Å². The van der Waals surface area contributed by atoms with Gasteiger partial charge in [-0.25, -0.2) is 8.42 Å². The van der Waals surface area contributed by atoms with Gasteiger partial charge in [0, 0.05) is 18.8 Å². The summed E-state index contributed by atoms with van der Waals surface area (Å²) in [5, 5.41) is 4.39. The minimum atomic E-state index is -3.48. The van der Waals surface area contributed by atoms with E-state index in [9.17, 15) is 8.42 Å². The molecule has 0 aliphatic carbocycles. The normalized spacial score (nSPS) is 17.7. The molecule has 4 rings (SSSR count). The molecule has 0 saturated carbocycles. The molecule has 0 bridgehead atoms. The molecule has 1 aliphatic rings. The summed E-state index contributed by atoms with van der Waals surface area (Å²) in [6.07, 6.45) is 4.96. The summed E-state index contributed by atoms with van der Waals surface area (Å²) in [6.45, 7) is 0. The maximum absolute atomic E-state index is 12.2. The average molecular weight is 352 g/mol. The number of fused-ring (bicyclic) bond motifs is 1. The van der Waals surface area contributed by atoms with Crippen LogP contribution in [0.15, 0.2) is 66.0 Å². The Balaban J connectivity index is 1.77. The number of hydrazone groups is 1. The van der Waals surface area contributed by atoms with Crippen LogP contribution in [-0.4, -0.2) is 34.8 Å². The first-order chi connectivity index (χ1) is 12.0. The van der Waals surface area contributed by atoms with E-state index in [1.807, 2.05) is 48.5 Å². The van der Waals surface area contributed by atoms with Crippen molar-refractivity contribution in [3.05, 3.63) is 72.1 Å². The molecule has 1 aliphatic heterocycles. The van der Waals surface area contributed by atoms with Gasteiger partial charge in [-0.3, -0.25) is 9.97 Å². The number of hydrogen-bond acceptors (Lipinski definition) is 5. The van der Waals surface area contributed by atoms with Gasteiger partial charge in [0.05, 0.1) is 29.0 Å². The Labute approximate surface area is 145 Å². The molecule has 0 saturated heterocycles. The summed E-state index contributed by atoms with van der Waals surface area (Å²) in [6, 6.07) is 14.9. The van der Waals surface area contributed by atoms with E-state index < -0.39 is 10.0 Å². The van der Waals surface area contributed by atoms with Crippen LogP contribution in [0.2, 0.25) is 0 Å². The Hall–Kier alpha value is -2.80. The van der Waals surface area contributed by atoms with E-state index >= 15 is 0 Å². The zero-order valence-electron chi connectivity index (χ0n) is 13.6. The van der Waals surface area contributed by atoms with Crippen LogP contribution < -0.4 is 0 Å². The first-order valence-electron chi connectivity index (χ1n) is 7.85. The predicted molar refractivity (Wildman–Crippen MR) is 96.6 cm³/mol. The number of benzene rings is 2. The molecule has 1 aromatic heterocycles. The van der Waals surface area contributed by atoms with Gasteiger partial charge in [0.1, 0.15) is 0 Å². The Morgan fingerprint density at radius 2 is 1.72 bits per heavy atom. The molecule has 0 amide bonds. The van der Waals surface area contributed by atoms with Crippen molar-refractivity contribution in [3.63, 3.8) is 0 Å². The van der Waals surface area contributed by atoms with Crippen LogP contribution in [0.25, 0.3) is 11.0 Å². The van der Waals surface area contributed by atoms with Crippen LogP contribution in [0.1, 0.15) is 23.6 Å². The lowest BCUT2D eigenvalue weighted by atomic mass is 9.99. The molecule has 0 radical (unpaired) electrons. The molecule has 0 fully saturated rings. The second-order valence-electron chi connectivity index (χ2n) is 5.97. The molecule has 0 unspecified atom stereocenters. The highest BCUT2D eigenvalue weighted by Gasteiger charge is 2.34. The first kappa shape index (κ1) is 15.7. The molecular formula is C18H16N4O2S. The third-order valence-electron chi connectivity index (χ3n) is 4.20. The maximum atomic E-state index is 12.2. The smallest absolute Gasteiger partial charge is 0.247 e. The maximum Gasteiger partial charge on any atom is 0.247 e. The van der Waals surface area contributed by atoms with E-state index in [0.717, 1.165) is 27.9 Å². The van der Waals surface area contributed by atoms with Crippen molar-refractivity contribution in [3.8, 4) is 0 Å². The standard InChI is InChI=1S/C18H16N4O2S/c1-25(23,24)22-18(12-16(21-22)13-5-3-2-4-6-13)14-7-8-15-17(11-14)20-10-9-19-15/h2-11,18H,12H2,1H3/t18-/m0/s1. The predicted octanol–water partition coefficient (Wildman–Crippen LogP) is 2.74. The molecule has 126 valence electrons. The number of aromatic nitrogens is 2. The number of sulfonamides is 1. The van der Waals surface area contributed by atoms with Gasteiger partial charge >= 0.3 is 0 Å². The summed E-state index contributed by atoms with van der Waals surface area (Å²) in [4.78, 5) is 8.57. The summed E-state index contributed by atoms with van der Waals surface area (Å²) >= 11 is 0. The van der Waals surface area contributed by atoms with Gasteiger partial charge in [0.2, 0.25) is 10.0 Å². The fourth-order valence-corrected chi connectivity index (χ4v) is 3.94. The van der Waals surface area contributed by atoms with E-state index in [-0.39, 0.29) is 6.04 Å². The molecule has 1 atom stereocenters. The molecule has 2 aromatic carbocycles. The van der Waals surface area contributed by atoms with Gasteiger partial charge in [-0.1, -0.05) is 36.4 Å². The molecule has 6 nitrogen and oxygen atoms in total. The van der Waals surface area contributed by atoms with Crippen molar-refractivity contribution in [2.24, 2.45) is 5.10 Å². The Kier molecular flexibility index (Phi) is 3.73. The van der Waals surface area contributed by atoms with E-state index in [1.54, 1.807) is 12.4 Å². The van der Waals surface area contributed by atoms with Crippen LogP contribution in [0.4, 0.5) is 0 Å². The molecule has 3 aromatic rings. The van der Waals surface area contributed by atoms with E-state index in [4.69, 9.17) is 0 Å². The minimum absolute atomic E-state index is 0.378. The molecular weight excluding hydrogens is 336 g/mol.